The summed E-state index contributed by atoms with van der Waals surface area (Å²) in [6.07, 6.45) is 1.88. The van der Waals surface area contributed by atoms with Gasteiger partial charge in [0.15, 0.2) is 0 Å². The molecule has 0 aliphatic heterocycles. The number of imidazole rings is 1. The van der Waals surface area contributed by atoms with Crippen LogP contribution in [0.15, 0.2) is 30.6 Å². The molecule has 0 unspecified atom stereocenters. The van der Waals surface area contributed by atoms with Crippen molar-refractivity contribution in [3.63, 3.8) is 0 Å². The van der Waals surface area contributed by atoms with Gasteiger partial charge >= 0.3 is 0 Å². The Morgan fingerprint density at radius 1 is 1.17 bits per heavy atom. The Kier molecular flexibility index (Phi) is 2.44. The Hall–Kier alpha value is -2.10. The molecule has 2 aromatic heterocycles. The van der Waals surface area contributed by atoms with Gasteiger partial charge in [-0.05, 0) is 19.9 Å². The summed E-state index contributed by atoms with van der Waals surface area (Å²) in [6, 6.07) is 8.31. The molecule has 3 rings (SSSR count). The van der Waals surface area contributed by atoms with E-state index in [2.05, 4.69) is 39.8 Å². The molecule has 0 N–H and O–H groups in total. The molecule has 0 bridgehead atoms. The van der Waals surface area contributed by atoms with Gasteiger partial charge in [0.25, 0.3) is 0 Å². The Bertz CT molecular complexity index is 706. The van der Waals surface area contributed by atoms with E-state index in [1.165, 1.54) is 16.6 Å². The molecule has 0 saturated carbocycles. The number of aromatic nitrogens is 4. The average Bonchev–Trinajstić information content (AvgIpc) is 2.86. The molecule has 3 aromatic rings. The monoisotopic (exact) mass is 240 g/mol. The summed E-state index contributed by atoms with van der Waals surface area (Å²) in [4.78, 5) is 4.33. The van der Waals surface area contributed by atoms with Crippen molar-refractivity contribution >= 4 is 10.9 Å². The van der Waals surface area contributed by atoms with Gasteiger partial charge in [0.2, 0.25) is 0 Å². The topological polar surface area (TPSA) is 35.6 Å². The van der Waals surface area contributed by atoms with Crippen LogP contribution in [0.25, 0.3) is 10.9 Å². The first-order valence-corrected chi connectivity index (χ1v) is 6.06. The van der Waals surface area contributed by atoms with E-state index in [4.69, 9.17) is 0 Å². The number of para-hydroxylation sites is 1. The van der Waals surface area contributed by atoms with Gasteiger partial charge in [-0.25, -0.2) is 4.98 Å². The van der Waals surface area contributed by atoms with Crippen molar-refractivity contribution in [3.05, 3.63) is 47.7 Å². The van der Waals surface area contributed by atoms with Gasteiger partial charge in [-0.3, -0.25) is 4.68 Å². The second-order valence-electron chi connectivity index (χ2n) is 4.63. The largest absolute Gasteiger partial charge is 0.329 e. The van der Waals surface area contributed by atoms with Gasteiger partial charge in [0, 0.05) is 18.1 Å². The normalized spacial score (nSPS) is 11.3. The van der Waals surface area contributed by atoms with Gasteiger partial charge < -0.3 is 4.57 Å². The fourth-order valence-electron chi connectivity index (χ4n) is 2.27. The second kappa shape index (κ2) is 3.98. The first kappa shape index (κ1) is 11.0. The van der Waals surface area contributed by atoms with Crippen LogP contribution in [0.5, 0.6) is 0 Å². The zero-order valence-electron chi connectivity index (χ0n) is 10.9. The predicted molar refractivity (Wildman–Crippen MR) is 71.5 cm³/mol. The molecule has 0 aliphatic rings. The van der Waals surface area contributed by atoms with E-state index in [0.717, 1.165) is 17.9 Å². The van der Waals surface area contributed by atoms with E-state index in [1.807, 2.05) is 31.0 Å². The minimum Gasteiger partial charge on any atom is -0.329 e. The lowest BCUT2D eigenvalue weighted by Crippen LogP contribution is -2.02. The van der Waals surface area contributed by atoms with E-state index >= 15 is 0 Å². The van der Waals surface area contributed by atoms with E-state index in [9.17, 15) is 0 Å². The van der Waals surface area contributed by atoms with Crippen molar-refractivity contribution in [2.75, 3.05) is 0 Å². The number of hydrogen-bond donors (Lipinski definition) is 0. The molecular formula is C14H16N4. The van der Waals surface area contributed by atoms with Crippen LogP contribution in [0.4, 0.5) is 0 Å². The molecule has 18 heavy (non-hydrogen) atoms. The predicted octanol–water partition coefficient (Wildman–Crippen LogP) is 2.43. The molecule has 0 atom stereocenters. The SMILES string of the molecule is Cc1ncn(Cc2nn(C)c3ccccc23)c1C. The molecule has 0 fully saturated rings. The van der Waals surface area contributed by atoms with Crippen molar-refractivity contribution in [2.45, 2.75) is 20.4 Å². The lowest BCUT2D eigenvalue weighted by molar-refractivity contribution is 0.706. The standard InChI is InChI=1S/C14H16N4/c1-10-11(2)18(9-15-10)8-13-12-6-4-5-7-14(12)17(3)16-13/h4-7,9H,8H2,1-3H3. The molecule has 0 saturated heterocycles. The highest BCUT2D eigenvalue weighted by molar-refractivity contribution is 5.81. The molecule has 0 spiro atoms. The van der Waals surface area contributed by atoms with Gasteiger partial charge in [-0.2, -0.15) is 5.10 Å². The summed E-state index contributed by atoms with van der Waals surface area (Å²) in [6.45, 7) is 4.89. The van der Waals surface area contributed by atoms with Gasteiger partial charge in [-0.1, -0.05) is 18.2 Å². The number of rotatable bonds is 2. The highest BCUT2D eigenvalue weighted by Crippen LogP contribution is 2.19. The molecule has 4 heteroatoms. The molecule has 2 heterocycles. The van der Waals surface area contributed by atoms with Crippen LogP contribution in [-0.4, -0.2) is 19.3 Å². The second-order valence-corrected chi connectivity index (χ2v) is 4.63. The number of nitrogens with zero attached hydrogens (tertiary/aromatic N) is 4. The molecule has 1 aromatic carbocycles. The summed E-state index contributed by atoms with van der Waals surface area (Å²) < 4.78 is 4.08. The van der Waals surface area contributed by atoms with Crippen molar-refractivity contribution in [1.29, 1.82) is 0 Å². The fourth-order valence-corrected chi connectivity index (χ4v) is 2.27. The van der Waals surface area contributed by atoms with Crippen LogP contribution in [0.1, 0.15) is 17.1 Å². The number of aryl methyl sites for hydroxylation is 2. The van der Waals surface area contributed by atoms with Crippen LogP contribution >= 0.6 is 0 Å². The zero-order chi connectivity index (χ0) is 12.7. The first-order valence-electron chi connectivity index (χ1n) is 6.06. The summed E-state index contributed by atoms with van der Waals surface area (Å²) in [7, 11) is 1.98. The third kappa shape index (κ3) is 1.61. The lowest BCUT2D eigenvalue weighted by atomic mass is 10.2. The third-order valence-corrected chi connectivity index (χ3v) is 3.50. The Labute approximate surface area is 106 Å². The quantitative estimate of drug-likeness (QED) is 0.689. The van der Waals surface area contributed by atoms with E-state index in [-0.39, 0.29) is 0 Å². The molecule has 92 valence electrons. The van der Waals surface area contributed by atoms with Crippen molar-refractivity contribution < 1.29 is 0 Å². The third-order valence-electron chi connectivity index (χ3n) is 3.50. The van der Waals surface area contributed by atoms with E-state index in [0.29, 0.717) is 0 Å². The van der Waals surface area contributed by atoms with E-state index < -0.39 is 0 Å². The number of benzene rings is 1. The smallest absolute Gasteiger partial charge is 0.0955 e. The Morgan fingerprint density at radius 3 is 2.67 bits per heavy atom. The maximum atomic E-state index is 4.60. The maximum Gasteiger partial charge on any atom is 0.0955 e. The Morgan fingerprint density at radius 2 is 1.94 bits per heavy atom. The van der Waals surface area contributed by atoms with Crippen LogP contribution in [0, 0.1) is 13.8 Å². The maximum absolute atomic E-state index is 4.60. The summed E-state index contributed by atoms with van der Waals surface area (Å²) >= 11 is 0. The first-order chi connectivity index (χ1) is 8.66. The molecule has 0 radical (unpaired) electrons. The van der Waals surface area contributed by atoms with Gasteiger partial charge in [-0.15, -0.1) is 0 Å². The fraction of sp³-hybridized carbons (Fsp3) is 0.286. The number of hydrogen-bond acceptors (Lipinski definition) is 2. The Balaban J connectivity index is 2.08. The lowest BCUT2D eigenvalue weighted by Gasteiger charge is -2.03. The van der Waals surface area contributed by atoms with E-state index in [1.54, 1.807) is 0 Å². The highest BCUT2D eigenvalue weighted by Gasteiger charge is 2.10. The summed E-state index contributed by atoms with van der Waals surface area (Å²) in [5.74, 6) is 0. The minimum atomic E-state index is 0.772. The van der Waals surface area contributed by atoms with Crippen molar-refractivity contribution in [3.8, 4) is 0 Å². The van der Waals surface area contributed by atoms with Crippen LogP contribution in [0.2, 0.25) is 0 Å². The molecule has 0 aliphatic carbocycles. The average molecular weight is 240 g/mol. The summed E-state index contributed by atoms with van der Waals surface area (Å²) in [5, 5.41) is 5.82. The summed E-state index contributed by atoms with van der Waals surface area (Å²) in [5.41, 5.74) is 4.54. The van der Waals surface area contributed by atoms with Crippen LogP contribution in [0.3, 0.4) is 0 Å². The van der Waals surface area contributed by atoms with Crippen LogP contribution < -0.4 is 0 Å². The van der Waals surface area contributed by atoms with Crippen molar-refractivity contribution in [1.82, 2.24) is 19.3 Å². The minimum absolute atomic E-state index is 0.772. The van der Waals surface area contributed by atoms with Crippen LogP contribution in [-0.2, 0) is 13.6 Å². The van der Waals surface area contributed by atoms with Gasteiger partial charge in [0.05, 0.1) is 29.8 Å². The van der Waals surface area contributed by atoms with Gasteiger partial charge in [0.1, 0.15) is 0 Å². The van der Waals surface area contributed by atoms with Crippen molar-refractivity contribution in [2.24, 2.45) is 7.05 Å². The molecule has 4 nitrogen and oxygen atoms in total. The number of fused-ring (bicyclic) bond motifs is 1. The highest BCUT2D eigenvalue weighted by atomic mass is 15.3. The molecular weight excluding hydrogens is 224 g/mol. The zero-order valence-corrected chi connectivity index (χ0v) is 10.9. The molecule has 0 amide bonds.